The third-order valence-corrected chi connectivity index (χ3v) is 9.31. The first-order valence-electron chi connectivity index (χ1n) is 9.26. The van der Waals surface area contributed by atoms with Crippen LogP contribution in [-0.4, -0.2) is 13.2 Å². The molecule has 0 N–H and O–H groups in total. The lowest BCUT2D eigenvalue weighted by Crippen LogP contribution is -1.98. The molecule has 4 aromatic rings. The van der Waals surface area contributed by atoms with E-state index in [0.29, 0.717) is 19.8 Å². The largest absolute Gasteiger partial charge is 0.335 e. The molecule has 0 atom stereocenters. The van der Waals surface area contributed by atoms with Gasteiger partial charge in [0, 0.05) is 20.2 Å². The zero-order valence-corrected chi connectivity index (χ0v) is 19.5. The molecule has 0 aliphatic rings. The van der Waals surface area contributed by atoms with Crippen molar-refractivity contribution in [3.63, 3.8) is 0 Å². The van der Waals surface area contributed by atoms with Crippen LogP contribution < -0.4 is 0 Å². The highest BCUT2D eigenvalue weighted by atomic mass is 32.1. The molecule has 152 valence electrons. The Kier molecular flexibility index (Phi) is 6.47. The fourth-order valence-electron chi connectivity index (χ4n) is 3.38. The Morgan fingerprint density at radius 1 is 0.897 bits per heavy atom. The summed E-state index contributed by atoms with van der Waals surface area (Å²) in [6.45, 7) is 4.70. The Morgan fingerprint density at radius 2 is 1.45 bits per heavy atom. The van der Waals surface area contributed by atoms with E-state index in [1.54, 1.807) is 22.7 Å². The van der Waals surface area contributed by atoms with Crippen molar-refractivity contribution in [3.05, 3.63) is 47.5 Å². The molecule has 0 aliphatic heterocycles. The van der Waals surface area contributed by atoms with Gasteiger partial charge in [0.1, 0.15) is 0 Å². The van der Waals surface area contributed by atoms with E-state index in [0.717, 1.165) is 11.1 Å². The van der Waals surface area contributed by atoms with Crippen molar-refractivity contribution in [2.45, 2.75) is 26.6 Å². The first-order chi connectivity index (χ1) is 14.1. The normalized spacial score (nSPS) is 12.6. The third-order valence-electron chi connectivity index (χ3n) is 4.52. The first kappa shape index (κ1) is 21.1. The molecule has 0 fully saturated rings. The van der Waals surface area contributed by atoms with Crippen LogP contribution in [0.2, 0.25) is 0 Å². The zero-order chi connectivity index (χ0) is 20.4. The summed E-state index contributed by atoms with van der Waals surface area (Å²) in [6.07, 6.45) is 0.277. The van der Waals surface area contributed by atoms with Crippen LogP contribution in [0.15, 0.2) is 36.4 Å². The maximum Gasteiger partial charge on any atom is 0.335 e. The predicted molar refractivity (Wildman–Crippen MR) is 122 cm³/mol. The molecule has 5 nitrogen and oxygen atoms in total. The Bertz CT molecular complexity index is 1220. The second-order valence-corrected chi connectivity index (χ2v) is 11.0. The summed E-state index contributed by atoms with van der Waals surface area (Å²) in [6, 6.07) is 12.4. The molecule has 0 aliphatic carbocycles. The predicted octanol–water partition coefficient (Wildman–Crippen LogP) is 7.76. The van der Waals surface area contributed by atoms with Gasteiger partial charge in [0.05, 0.1) is 35.4 Å². The fourth-order valence-corrected chi connectivity index (χ4v) is 8.05. The minimum Gasteiger partial charge on any atom is -0.309 e. The molecule has 0 saturated carbocycles. The molecule has 0 saturated heterocycles. The van der Waals surface area contributed by atoms with Gasteiger partial charge in [-0.3, -0.25) is 9.09 Å². The molecule has 2 heterocycles. The Morgan fingerprint density at radius 3 is 2.00 bits per heavy atom. The molecule has 0 radical (unpaired) electrons. The standard InChI is InChI=1S/C20H20O5P2S2/c1-3-24-27(22,25-4-2)12-14-6-8-16-18(10-14)29-19-15-7-5-13(11-23-26-21)9-17(15)28-20(16)19/h5-10H,3-4,11-12H2,1-2H3. The molecule has 0 spiro atoms. The van der Waals surface area contributed by atoms with Crippen molar-refractivity contribution in [2.75, 3.05) is 13.2 Å². The average Bonchev–Trinajstić information content (AvgIpc) is 3.21. The van der Waals surface area contributed by atoms with E-state index in [1.165, 1.54) is 29.6 Å². The Labute approximate surface area is 178 Å². The van der Waals surface area contributed by atoms with Crippen molar-refractivity contribution < 1.29 is 22.7 Å². The van der Waals surface area contributed by atoms with Crippen LogP contribution in [0.4, 0.5) is 0 Å². The van der Waals surface area contributed by atoms with E-state index in [1.807, 2.05) is 26.0 Å². The molecule has 0 amide bonds. The molecule has 29 heavy (non-hydrogen) atoms. The molecule has 2 aromatic heterocycles. The molecule has 0 bridgehead atoms. The van der Waals surface area contributed by atoms with Crippen LogP contribution in [0.3, 0.4) is 0 Å². The quantitative estimate of drug-likeness (QED) is 0.236. The topological polar surface area (TPSA) is 61.8 Å². The lowest BCUT2D eigenvalue weighted by molar-refractivity contribution is 0.219. The number of hydrogen-bond acceptors (Lipinski definition) is 7. The van der Waals surface area contributed by atoms with Gasteiger partial charge in [-0.05, 0) is 37.1 Å². The summed E-state index contributed by atoms with van der Waals surface area (Å²) < 4.78 is 44.1. The summed E-state index contributed by atoms with van der Waals surface area (Å²) in [7, 11) is -3.42. The van der Waals surface area contributed by atoms with Crippen LogP contribution in [0.5, 0.6) is 0 Å². The highest BCUT2D eigenvalue weighted by Gasteiger charge is 2.24. The van der Waals surface area contributed by atoms with Crippen LogP contribution in [0.1, 0.15) is 25.0 Å². The Hall–Kier alpha value is -1.17. The monoisotopic (exact) mass is 466 g/mol. The molecule has 4 rings (SSSR count). The minimum absolute atomic E-state index is 0.277. The van der Waals surface area contributed by atoms with E-state index < -0.39 is 7.60 Å². The van der Waals surface area contributed by atoms with E-state index in [-0.39, 0.29) is 14.8 Å². The fraction of sp³-hybridized carbons (Fsp3) is 0.300. The van der Waals surface area contributed by atoms with Crippen LogP contribution in [0.25, 0.3) is 29.6 Å². The van der Waals surface area contributed by atoms with Gasteiger partial charge in [-0.15, -0.1) is 22.7 Å². The van der Waals surface area contributed by atoms with Crippen molar-refractivity contribution in [1.29, 1.82) is 0 Å². The second kappa shape index (κ2) is 8.91. The minimum atomic E-state index is -3.12. The summed E-state index contributed by atoms with van der Waals surface area (Å²) in [5, 5.41) is 2.42. The van der Waals surface area contributed by atoms with Gasteiger partial charge in [-0.1, -0.05) is 24.3 Å². The van der Waals surface area contributed by atoms with Gasteiger partial charge in [0.15, 0.2) is 0 Å². The van der Waals surface area contributed by atoms with Crippen LogP contribution >= 0.6 is 39.0 Å². The number of rotatable bonds is 9. The Balaban J connectivity index is 1.71. The van der Waals surface area contributed by atoms with Crippen molar-refractivity contribution >= 4 is 68.5 Å². The number of thiophene rings is 2. The summed E-state index contributed by atoms with van der Waals surface area (Å²) in [5.74, 6) is 0. The smallest absolute Gasteiger partial charge is 0.309 e. The summed E-state index contributed by atoms with van der Waals surface area (Å²) in [4.78, 5) is 0. The summed E-state index contributed by atoms with van der Waals surface area (Å²) >= 11 is 3.50. The van der Waals surface area contributed by atoms with Gasteiger partial charge >= 0.3 is 16.3 Å². The van der Waals surface area contributed by atoms with E-state index in [9.17, 15) is 9.13 Å². The van der Waals surface area contributed by atoms with Crippen LogP contribution in [-0.2, 0) is 35.5 Å². The van der Waals surface area contributed by atoms with Crippen molar-refractivity contribution in [3.8, 4) is 0 Å². The van der Waals surface area contributed by atoms with E-state index in [2.05, 4.69) is 24.3 Å². The molecular weight excluding hydrogens is 446 g/mol. The van der Waals surface area contributed by atoms with E-state index >= 15 is 0 Å². The van der Waals surface area contributed by atoms with Gasteiger partial charge < -0.3 is 9.05 Å². The van der Waals surface area contributed by atoms with Gasteiger partial charge in [-0.2, -0.15) is 0 Å². The van der Waals surface area contributed by atoms with Gasteiger partial charge in [-0.25, -0.2) is 4.57 Å². The van der Waals surface area contributed by atoms with Gasteiger partial charge in [0.25, 0.3) is 0 Å². The average molecular weight is 466 g/mol. The highest BCUT2D eigenvalue weighted by molar-refractivity contribution is 7.53. The molecule has 2 aromatic carbocycles. The summed E-state index contributed by atoms with van der Waals surface area (Å²) in [5.41, 5.74) is 1.96. The maximum atomic E-state index is 12.9. The first-order valence-corrected chi connectivity index (χ1v) is 13.4. The maximum absolute atomic E-state index is 12.9. The molecular formula is C20H20O5P2S2. The molecule has 9 heteroatoms. The molecule has 0 unspecified atom stereocenters. The van der Waals surface area contributed by atoms with Crippen molar-refractivity contribution in [2.24, 2.45) is 0 Å². The van der Waals surface area contributed by atoms with Gasteiger partial charge in [0.2, 0.25) is 0 Å². The number of hydrogen-bond donors (Lipinski definition) is 0. The number of benzene rings is 2. The van der Waals surface area contributed by atoms with E-state index in [4.69, 9.17) is 13.6 Å². The zero-order valence-electron chi connectivity index (χ0n) is 16.0. The second-order valence-electron chi connectivity index (χ2n) is 6.48. The van der Waals surface area contributed by atoms with Crippen molar-refractivity contribution in [1.82, 2.24) is 0 Å². The SMILES string of the molecule is CCOP(=O)(Cc1ccc2c(c1)sc1c3ccc(COP=O)cc3sc21)OCC. The number of fused-ring (bicyclic) bond motifs is 5. The van der Waals surface area contributed by atoms with Crippen LogP contribution in [0, 0.1) is 0 Å². The lowest BCUT2D eigenvalue weighted by Gasteiger charge is -2.16. The third kappa shape index (κ3) is 4.33. The highest BCUT2D eigenvalue weighted by Crippen LogP contribution is 2.52. The lowest BCUT2D eigenvalue weighted by atomic mass is 10.1.